The number of phenolic OH excluding ortho intramolecular Hbond substituents is 1. The molecule has 6 N–H and O–H groups in total. The highest BCUT2D eigenvalue weighted by Crippen LogP contribution is 2.15. The Balaban J connectivity index is 2.77. The summed E-state index contributed by atoms with van der Waals surface area (Å²) < 4.78 is 0. The third-order valence-electron chi connectivity index (χ3n) is 4.28. The second kappa shape index (κ2) is 10.5. The number of carbonyl (C=O) groups excluding carboxylic acids is 3. The van der Waals surface area contributed by atoms with Gasteiger partial charge in [0.2, 0.25) is 11.8 Å². The number of aromatic hydroxyl groups is 1. The van der Waals surface area contributed by atoms with Crippen molar-refractivity contribution in [3.8, 4) is 5.75 Å². The molecule has 1 aromatic carbocycles. The first-order valence-electron chi connectivity index (χ1n) is 9.09. The number of rotatable bonds is 9. The van der Waals surface area contributed by atoms with Crippen LogP contribution in [0.1, 0.15) is 44.5 Å². The van der Waals surface area contributed by atoms with E-state index in [0.717, 1.165) is 0 Å². The number of carbonyl (C=O) groups is 3. The lowest BCUT2D eigenvalue weighted by molar-refractivity contribution is -0.130. The molecule has 3 atom stereocenters. The van der Waals surface area contributed by atoms with Gasteiger partial charge in [-0.05, 0) is 25.0 Å². The van der Waals surface area contributed by atoms with E-state index in [-0.39, 0.29) is 42.0 Å². The van der Waals surface area contributed by atoms with Crippen molar-refractivity contribution in [3.05, 3.63) is 29.8 Å². The molecule has 0 aromatic heterocycles. The van der Waals surface area contributed by atoms with E-state index < -0.39 is 24.0 Å². The minimum atomic E-state index is -0.674. The summed E-state index contributed by atoms with van der Waals surface area (Å²) in [7, 11) is 0. The van der Waals surface area contributed by atoms with Crippen molar-refractivity contribution in [3.63, 3.8) is 0 Å². The summed E-state index contributed by atoms with van der Waals surface area (Å²) in [6.45, 7) is 7.21. The molecule has 0 radical (unpaired) electrons. The maximum Gasteiger partial charge on any atom is 0.255 e. The number of benzene rings is 1. The van der Waals surface area contributed by atoms with Gasteiger partial charge in [0.15, 0.2) is 0 Å². The highest BCUT2D eigenvalue weighted by molar-refractivity contribution is 5.97. The van der Waals surface area contributed by atoms with E-state index >= 15 is 0 Å². The first kappa shape index (κ1) is 22.4. The third-order valence-corrected chi connectivity index (χ3v) is 4.28. The van der Waals surface area contributed by atoms with Gasteiger partial charge >= 0.3 is 0 Å². The van der Waals surface area contributed by atoms with E-state index in [9.17, 15) is 19.5 Å². The zero-order chi connectivity index (χ0) is 20.6. The number of hydrogen-bond donors (Lipinski definition) is 5. The normalized spacial score (nSPS) is 14.1. The third kappa shape index (κ3) is 6.56. The van der Waals surface area contributed by atoms with Crippen LogP contribution in [0.3, 0.4) is 0 Å². The molecular formula is C19H30N4O4. The first-order chi connectivity index (χ1) is 12.7. The van der Waals surface area contributed by atoms with Crippen LogP contribution >= 0.6 is 0 Å². The lowest BCUT2D eigenvalue weighted by atomic mass is 10.0. The lowest BCUT2D eigenvalue weighted by Gasteiger charge is -2.28. The molecule has 8 heteroatoms. The van der Waals surface area contributed by atoms with E-state index in [1.54, 1.807) is 26.0 Å². The molecule has 0 aliphatic rings. The van der Waals surface area contributed by atoms with Gasteiger partial charge < -0.3 is 26.8 Å². The standard InChI is InChI=1S/C19H30N4O4/c1-5-16(25)23-17(11(2)3)19(27)21-12(4)14(10-20)22-18(26)13-8-6-7-9-15(13)24/h6-9,11-12,14,17,24H,5,10,20H2,1-4H3,(H,21,27)(H,22,26)(H,23,25). The average molecular weight is 378 g/mol. The van der Waals surface area contributed by atoms with Gasteiger partial charge in [0.25, 0.3) is 5.91 Å². The molecular weight excluding hydrogens is 348 g/mol. The van der Waals surface area contributed by atoms with Crippen molar-refractivity contribution < 1.29 is 19.5 Å². The predicted octanol–water partition coefficient (Wildman–Crippen LogP) is 0.505. The van der Waals surface area contributed by atoms with Gasteiger partial charge in [-0.3, -0.25) is 14.4 Å². The van der Waals surface area contributed by atoms with E-state index in [4.69, 9.17) is 5.73 Å². The zero-order valence-corrected chi connectivity index (χ0v) is 16.3. The zero-order valence-electron chi connectivity index (χ0n) is 16.3. The summed E-state index contributed by atoms with van der Waals surface area (Å²) in [6.07, 6.45) is 0.286. The molecule has 0 saturated carbocycles. The minimum Gasteiger partial charge on any atom is -0.507 e. The van der Waals surface area contributed by atoms with Crippen LogP contribution in [0, 0.1) is 5.92 Å². The SMILES string of the molecule is CCC(=O)NC(C(=O)NC(C)C(CN)NC(=O)c1ccccc1O)C(C)C. The van der Waals surface area contributed by atoms with Crippen LogP contribution in [0.2, 0.25) is 0 Å². The summed E-state index contributed by atoms with van der Waals surface area (Å²) in [4.78, 5) is 36.6. The molecule has 0 aliphatic carbocycles. The molecule has 1 rings (SSSR count). The van der Waals surface area contributed by atoms with E-state index in [1.165, 1.54) is 12.1 Å². The smallest absolute Gasteiger partial charge is 0.255 e. The maximum atomic E-state index is 12.6. The fourth-order valence-electron chi connectivity index (χ4n) is 2.53. The van der Waals surface area contributed by atoms with Crippen LogP contribution in [-0.2, 0) is 9.59 Å². The van der Waals surface area contributed by atoms with E-state index in [2.05, 4.69) is 16.0 Å². The Hall–Kier alpha value is -2.61. The molecule has 0 fully saturated rings. The molecule has 0 spiro atoms. The summed E-state index contributed by atoms with van der Waals surface area (Å²) >= 11 is 0. The monoisotopic (exact) mass is 378 g/mol. The molecule has 3 unspecified atom stereocenters. The molecule has 3 amide bonds. The Morgan fingerprint density at radius 1 is 1.07 bits per heavy atom. The summed E-state index contributed by atoms with van der Waals surface area (Å²) in [5.41, 5.74) is 5.88. The maximum absolute atomic E-state index is 12.6. The van der Waals surface area contributed by atoms with Crippen molar-refractivity contribution in [2.75, 3.05) is 6.54 Å². The van der Waals surface area contributed by atoms with Crippen LogP contribution in [0.15, 0.2) is 24.3 Å². The molecule has 150 valence electrons. The number of nitrogens with one attached hydrogen (secondary N) is 3. The van der Waals surface area contributed by atoms with E-state index in [0.29, 0.717) is 0 Å². The van der Waals surface area contributed by atoms with Crippen LogP contribution in [0.4, 0.5) is 0 Å². The largest absolute Gasteiger partial charge is 0.507 e. The summed E-state index contributed by atoms with van der Waals surface area (Å²) in [5, 5.41) is 18.0. The number of nitrogens with two attached hydrogens (primary N) is 1. The number of phenols is 1. The number of para-hydroxylation sites is 1. The Morgan fingerprint density at radius 2 is 1.70 bits per heavy atom. The molecule has 0 heterocycles. The molecule has 1 aromatic rings. The number of hydrogen-bond acceptors (Lipinski definition) is 5. The molecule has 0 saturated heterocycles. The number of amides is 3. The average Bonchev–Trinajstić information content (AvgIpc) is 2.63. The highest BCUT2D eigenvalue weighted by atomic mass is 16.3. The Bertz CT molecular complexity index is 663. The van der Waals surface area contributed by atoms with Crippen molar-refractivity contribution in [2.24, 2.45) is 11.7 Å². The van der Waals surface area contributed by atoms with Gasteiger partial charge in [0.1, 0.15) is 11.8 Å². The van der Waals surface area contributed by atoms with Gasteiger partial charge in [-0.15, -0.1) is 0 Å². The van der Waals surface area contributed by atoms with Gasteiger partial charge in [0.05, 0.1) is 11.6 Å². The quantitative estimate of drug-likeness (QED) is 0.427. The Morgan fingerprint density at radius 3 is 2.22 bits per heavy atom. The van der Waals surface area contributed by atoms with Gasteiger partial charge in [-0.1, -0.05) is 32.9 Å². The second-order valence-electron chi connectivity index (χ2n) is 6.77. The Kier molecular flexibility index (Phi) is 8.74. The van der Waals surface area contributed by atoms with Crippen LogP contribution < -0.4 is 21.7 Å². The fraction of sp³-hybridized carbons (Fsp3) is 0.526. The fourth-order valence-corrected chi connectivity index (χ4v) is 2.53. The molecule has 0 bridgehead atoms. The lowest BCUT2D eigenvalue weighted by Crippen LogP contribution is -2.58. The van der Waals surface area contributed by atoms with Gasteiger partial charge in [0, 0.05) is 19.0 Å². The van der Waals surface area contributed by atoms with Crippen LogP contribution in [0.25, 0.3) is 0 Å². The van der Waals surface area contributed by atoms with Crippen LogP contribution in [-0.4, -0.2) is 47.5 Å². The van der Waals surface area contributed by atoms with Gasteiger partial charge in [-0.2, -0.15) is 0 Å². The highest BCUT2D eigenvalue weighted by Gasteiger charge is 2.27. The molecule has 8 nitrogen and oxygen atoms in total. The summed E-state index contributed by atoms with van der Waals surface area (Å²) in [6, 6.07) is 4.48. The molecule has 27 heavy (non-hydrogen) atoms. The second-order valence-corrected chi connectivity index (χ2v) is 6.77. The van der Waals surface area contributed by atoms with Crippen molar-refractivity contribution >= 4 is 17.7 Å². The first-order valence-corrected chi connectivity index (χ1v) is 9.09. The van der Waals surface area contributed by atoms with Gasteiger partial charge in [-0.25, -0.2) is 0 Å². The van der Waals surface area contributed by atoms with Crippen LogP contribution in [0.5, 0.6) is 5.75 Å². The van der Waals surface area contributed by atoms with Crippen molar-refractivity contribution in [1.29, 1.82) is 0 Å². The predicted molar refractivity (Wildman–Crippen MR) is 103 cm³/mol. The summed E-state index contributed by atoms with van der Waals surface area (Å²) in [5.74, 6) is -1.26. The Labute approximate surface area is 159 Å². The minimum absolute atomic E-state index is 0.0917. The van der Waals surface area contributed by atoms with Crippen molar-refractivity contribution in [2.45, 2.75) is 52.2 Å². The molecule has 0 aliphatic heterocycles. The van der Waals surface area contributed by atoms with E-state index in [1.807, 2.05) is 13.8 Å². The van der Waals surface area contributed by atoms with Crippen molar-refractivity contribution in [1.82, 2.24) is 16.0 Å². The topological polar surface area (TPSA) is 134 Å².